The van der Waals surface area contributed by atoms with Crippen LogP contribution < -0.4 is 5.32 Å². The van der Waals surface area contributed by atoms with Crippen molar-refractivity contribution >= 4 is 16.6 Å². The zero-order chi connectivity index (χ0) is 13.1. The second kappa shape index (κ2) is 5.53. The average molecular weight is 257 g/mol. The molecule has 1 aliphatic heterocycles. The number of aromatic nitrogens is 2. The molecular formula is C15H19N3O. The van der Waals surface area contributed by atoms with Gasteiger partial charge in [0.15, 0.2) is 5.82 Å². The maximum absolute atomic E-state index is 5.50. The Morgan fingerprint density at radius 3 is 2.89 bits per heavy atom. The van der Waals surface area contributed by atoms with Gasteiger partial charge in [0.25, 0.3) is 0 Å². The van der Waals surface area contributed by atoms with E-state index in [4.69, 9.17) is 4.74 Å². The Morgan fingerprint density at radius 2 is 2.11 bits per heavy atom. The van der Waals surface area contributed by atoms with Crippen LogP contribution in [0, 0.1) is 12.8 Å². The molecule has 1 N–H and O–H groups in total. The van der Waals surface area contributed by atoms with Crippen LogP contribution in [-0.4, -0.2) is 30.0 Å². The quantitative estimate of drug-likeness (QED) is 0.918. The topological polar surface area (TPSA) is 47.0 Å². The largest absolute Gasteiger partial charge is 0.381 e. The van der Waals surface area contributed by atoms with Gasteiger partial charge in [-0.25, -0.2) is 0 Å². The molecule has 1 saturated heterocycles. The molecule has 1 aromatic carbocycles. The molecule has 1 atom stereocenters. The predicted molar refractivity (Wildman–Crippen MR) is 76.3 cm³/mol. The standard InChI is InChI=1S/C15H19N3O/c1-11-13-6-2-3-7-14(13)15(18-17-11)16-9-12-5-4-8-19-10-12/h2-3,6-7,12H,4-5,8-10H2,1H3,(H,16,18). The molecular weight excluding hydrogens is 238 g/mol. The molecule has 0 amide bonds. The number of aryl methyl sites for hydroxylation is 1. The first-order valence-electron chi connectivity index (χ1n) is 6.88. The second-order valence-electron chi connectivity index (χ2n) is 5.14. The number of fused-ring (bicyclic) bond motifs is 1. The van der Waals surface area contributed by atoms with Crippen LogP contribution in [0.5, 0.6) is 0 Å². The monoisotopic (exact) mass is 257 g/mol. The highest BCUT2D eigenvalue weighted by Gasteiger charge is 2.14. The summed E-state index contributed by atoms with van der Waals surface area (Å²) in [5.74, 6) is 1.46. The summed E-state index contributed by atoms with van der Waals surface area (Å²) in [6, 6.07) is 8.26. The zero-order valence-corrected chi connectivity index (χ0v) is 11.2. The Hall–Kier alpha value is -1.68. The molecule has 0 aliphatic carbocycles. The maximum atomic E-state index is 5.50. The number of rotatable bonds is 3. The molecule has 100 valence electrons. The lowest BCUT2D eigenvalue weighted by atomic mass is 10.0. The normalized spacial score (nSPS) is 19.5. The van der Waals surface area contributed by atoms with E-state index in [1.165, 1.54) is 11.8 Å². The second-order valence-corrected chi connectivity index (χ2v) is 5.14. The van der Waals surface area contributed by atoms with Crippen molar-refractivity contribution in [1.29, 1.82) is 0 Å². The molecule has 2 aromatic rings. The number of nitrogens with one attached hydrogen (secondary N) is 1. The first-order chi connectivity index (χ1) is 9.34. The highest BCUT2D eigenvalue weighted by Crippen LogP contribution is 2.23. The van der Waals surface area contributed by atoms with Crippen molar-refractivity contribution in [3.05, 3.63) is 30.0 Å². The van der Waals surface area contributed by atoms with E-state index in [0.29, 0.717) is 5.92 Å². The highest BCUT2D eigenvalue weighted by atomic mass is 16.5. The Bertz CT molecular complexity index is 564. The Labute approximate surface area is 113 Å². The smallest absolute Gasteiger partial charge is 0.156 e. The predicted octanol–water partition coefficient (Wildman–Crippen LogP) is 2.78. The minimum atomic E-state index is 0.579. The molecule has 4 nitrogen and oxygen atoms in total. The van der Waals surface area contributed by atoms with E-state index in [2.05, 4.69) is 27.6 Å². The van der Waals surface area contributed by atoms with Gasteiger partial charge in [-0.2, -0.15) is 5.10 Å². The van der Waals surface area contributed by atoms with Crippen LogP contribution >= 0.6 is 0 Å². The Balaban J connectivity index is 1.79. The molecule has 4 heteroatoms. The summed E-state index contributed by atoms with van der Waals surface area (Å²) >= 11 is 0. The molecule has 19 heavy (non-hydrogen) atoms. The molecule has 2 heterocycles. The summed E-state index contributed by atoms with van der Waals surface area (Å²) in [5.41, 5.74) is 0.974. The number of nitrogens with zero attached hydrogens (tertiary/aromatic N) is 2. The van der Waals surface area contributed by atoms with E-state index in [0.717, 1.165) is 43.1 Å². The molecule has 0 bridgehead atoms. The van der Waals surface area contributed by atoms with Crippen LogP contribution in [0.15, 0.2) is 24.3 Å². The lowest BCUT2D eigenvalue weighted by Gasteiger charge is -2.22. The van der Waals surface area contributed by atoms with Gasteiger partial charge in [0.05, 0.1) is 12.3 Å². The lowest BCUT2D eigenvalue weighted by molar-refractivity contribution is 0.0595. The van der Waals surface area contributed by atoms with E-state index >= 15 is 0 Å². The van der Waals surface area contributed by atoms with Crippen molar-refractivity contribution in [3.8, 4) is 0 Å². The minimum Gasteiger partial charge on any atom is -0.381 e. The maximum Gasteiger partial charge on any atom is 0.156 e. The fourth-order valence-corrected chi connectivity index (χ4v) is 2.58. The average Bonchev–Trinajstić information content (AvgIpc) is 2.48. The zero-order valence-electron chi connectivity index (χ0n) is 11.2. The first kappa shape index (κ1) is 12.4. The number of hydrogen-bond donors (Lipinski definition) is 1. The van der Waals surface area contributed by atoms with Gasteiger partial charge in [-0.3, -0.25) is 0 Å². The van der Waals surface area contributed by atoms with Crippen molar-refractivity contribution < 1.29 is 4.74 Å². The fourth-order valence-electron chi connectivity index (χ4n) is 2.58. The van der Waals surface area contributed by atoms with Gasteiger partial charge in [-0.05, 0) is 25.7 Å². The third-order valence-electron chi connectivity index (χ3n) is 3.68. The van der Waals surface area contributed by atoms with Gasteiger partial charge in [-0.15, -0.1) is 5.10 Å². The lowest BCUT2D eigenvalue weighted by Crippen LogP contribution is -2.24. The SMILES string of the molecule is Cc1nnc(NCC2CCCOC2)c2ccccc12. The van der Waals surface area contributed by atoms with Gasteiger partial charge < -0.3 is 10.1 Å². The Kier molecular flexibility index (Phi) is 3.60. The van der Waals surface area contributed by atoms with E-state index in [1.807, 2.05) is 19.1 Å². The summed E-state index contributed by atoms with van der Waals surface area (Å²) in [6.45, 7) is 4.66. The molecule has 0 saturated carbocycles. The molecule has 3 rings (SSSR count). The van der Waals surface area contributed by atoms with Crippen LogP contribution in [0.3, 0.4) is 0 Å². The van der Waals surface area contributed by atoms with Gasteiger partial charge in [-0.1, -0.05) is 24.3 Å². The molecule has 0 radical (unpaired) electrons. The summed E-state index contributed by atoms with van der Waals surface area (Å²) < 4.78 is 5.50. The molecule has 0 spiro atoms. The van der Waals surface area contributed by atoms with Gasteiger partial charge in [0.1, 0.15) is 0 Å². The van der Waals surface area contributed by atoms with Gasteiger partial charge in [0, 0.05) is 23.9 Å². The van der Waals surface area contributed by atoms with Crippen molar-refractivity contribution in [2.75, 3.05) is 25.1 Å². The summed E-state index contributed by atoms with van der Waals surface area (Å²) in [6.07, 6.45) is 2.39. The van der Waals surface area contributed by atoms with Crippen molar-refractivity contribution in [2.24, 2.45) is 5.92 Å². The third-order valence-corrected chi connectivity index (χ3v) is 3.68. The molecule has 1 aliphatic rings. The van der Waals surface area contributed by atoms with Crippen LogP contribution in [0.2, 0.25) is 0 Å². The van der Waals surface area contributed by atoms with Crippen LogP contribution in [0.1, 0.15) is 18.5 Å². The van der Waals surface area contributed by atoms with Crippen molar-refractivity contribution in [1.82, 2.24) is 10.2 Å². The number of hydrogen-bond acceptors (Lipinski definition) is 4. The van der Waals surface area contributed by atoms with Crippen molar-refractivity contribution in [2.45, 2.75) is 19.8 Å². The van der Waals surface area contributed by atoms with Crippen molar-refractivity contribution in [3.63, 3.8) is 0 Å². The summed E-state index contributed by atoms with van der Waals surface area (Å²) in [5, 5.41) is 14.3. The number of ether oxygens (including phenoxy) is 1. The summed E-state index contributed by atoms with van der Waals surface area (Å²) in [7, 11) is 0. The van der Waals surface area contributed by atoms with E-state index in [-0.39, 0.29) is 0 Å². The van der Waals surface area contributed by atoms with Gasteiger partial charge in [0.2, 0.25) is 0 Å². The third kappa shape index (κ3) is 2.68. The molecule has 1 unspecified atom stereocenters. The highest BCUT2D eigenvalue weighted by molar-refractivity contribution is 5.92. The van der Waals surface area contributed by atoms with Crippen LogP contribution in [0.4, 0.5) is 5.82 Å². The first-order valence-corrected chi connectivity index (χ1v) is 6.88. The minimum absolute atomic E-state index is 0.579. The van der Waals surface area contributed by atoms with E-state index in [9.17, 15) is 0 Å². The molecule has 1 aromatic heterocycles. The van der Waals surface area contributed by atoms with Gasteiger partial charge >= 0.3 is 0 Å². The molecule has 1 fully saturated rings. The van der Waals surface area contributed by atoms with E-state index in [1.54, 1.807) is 0 Å². The van der Waals surface area contributed by atoms with Crippen LogP contribution in [0.25, 0.3) is 10.8 Å². The van der Waals surface area contributed by atoms with E-state index < -0.39 is 0 Å². The number of anilines is 1. The fraction of sp³-hybridized carbons (Fsp3) is 0.467. The Morgan fingerprint density at radius 1 is 1.26 bits per heavy atom. The number of benzene rings is 1. The summed E-state index contributed by atoms with van der Waals surface area (Å²) in [4.78, 5) is 0. The van der Waals surface area contributed by atoms with Crippen LogP contribution in [-0.2, 0) is 4.74 Å².